The number of benzene rings is 3. The zero-order chi connectivity index (χ0) is 23.4. The highest BCUT2D eigenvalue weighted by Crippen LogP contribution is 2.32. The molecule has 0 spiro atoms. The zero-order valence-electron chi connectivity index (χ0n) is 18.4. The van der Waals surface area contributed by atoms with Crippen LogP contribution in [0.25, 0.3) is 11.1 Å². The van der Waals surface area contributed by atoms with Crippen molar-refractivity contribution in [3.63, 3.8) is 0 Å². The number of methoxy groups -OCH3 is 1. The average Bonchev–Trinajstić information content (AvgIpc) is 2.85. The van der Waals surface area contributed by atoms with Crippen LogP contribution in [0, 0.1) is 5.92 Å². The summed E-state index contributed by atoms with van der Waals surface area (Å²) in [5, 5.41) is 8.64. The molecule has 3 aromatic rings. The minimum absolute atomic E-state index is 0.0613. The first-order valence-electron chi connectivity index (χ1n) is 10.9. The van der Waals surface area contributed by atoms with Crippen LogP contribution < -0.4 is 4.74 Å². The van der Waals surface area contributed by atoms with Crippen LogP contribution in [0.1, 0.15) is 18.4 Å². The third-order valence-corrected chi connectivity index (χ3v) is 8.34. The summed E-state index contributed by atoms with van der Waals surface area (Å²) in [4.78, 5) is 13.7. The second-order valence-electron chi connectivity index (χ2n) is 8.27. The number of likely N-dealkylation sites (tertiary alicyclic amines) is 1. The van der Waals surface area contributed by atoms with Crippen LogP contribution in [0.4, 0.5) is 0 Å². The highest BCUT2D eigenvalue weighted by molar-refractivity contribution is 7.92. The number of piperidine rings is 1. The molecular formula is C26H27NO5S. The fourth-order valence-electron chi connectivity index (χ4n) is 4.29. The number of carbonyl (C=O) groups is 1. The molecule has 3 aromatic carbocycles. The Morgan fingerprint density at radius 1 is 0.970 bits per heavy atom. The number of rotatable bonds is 7. The molecule has 2 atom stereocenters. The van der Waals surface area contributed by atoms with E-state index in [-0.39, 0.29) is 11.3 Å². The molecule has 0 amide bonds. The highest BCUT2D eigenvalue weighted by atomic mass is 32.2. The molecule has 1 aliphatic heterocycles. The maximum Gasteiger partial charge on any atom is 0.306 e. The zero-order valence-corrected chi connectivity index (χ0v) is 19.2. The fraction of sp³-hybridized carbons (Fsp3) is 0.269. The van der Waals surface area contributed by atoms with Gasteiger partial charge >= 0.3 is 5.97 Å². The van der Waals surface area contributed by atoms with Crippen LogP contribution >= 0.6 is 0 Å². The Hall–Kier alpha value is -3.16. The van der Waals surface area contributed by atoms with Crippen molar-refractivity contribution in [3.8, 4) is 16.9 Å². The van der Waals surface area contributed by atoms with Gasteiger partial charge < -0.3 is 9.84 Å². The first kappa shape index (κ1) is 23.0. The Kier molecular flexibility index (Phi) is 6.81. The number of sulfone groups is 1. The Morgan fingerprint density at radius 2 is 1.61 bits per heavy atom. The van der Waals surface area contributed by atoms with Crippen molar-refractivity contribution in [3.05, 3.63) is 84.4 Å². The van der Waals surface area contributed by atoms with Crippen molar-refractivity contribution < 1.29 is 23.1 Å². The Balaban J connectivity index is 1.59. The molecule has 7 heteroatoms. The molecule has 1 fully saturated rings. The van der Waals surface area contributed by atoms with Crippen LogP contribution in [0.5, 0.6) is 5.75 Å². The van der Waals surface area contributed by atoms with Gasteiger partial charge in [0.25, 0.3) is 0 Å². The van der Waals surface area contributed by atoms with Gasteiger partial charge in [0.15, 0.2) is 9.84 Å². The van der Waals surface area contributed by atoms with Crippen LogP contribution in [-0.2, 0) is 21.2 Å². The maximum atomic E-state index is 13.5. The van der Waals surface area contributed by atoms with E-state index in [0.29, 0.717) is 25.3 Å². The standard InChI is InChI=1S/C26H27NO5S/c1-32-23-11-13-24(14-12-23)33(30,31)25-17-22(26(28)29)15-16-27(25)18-19-7-9-21(10-8-19)20-5-3-2-4-6-20/h2-14,22,25H,15-18H2,1H3,(H,28,29). The van der Waals surface area contributed by atoms with Crippen LogP contribution in [0.15, 0.2) is 83.8 Å². The van der Waals surface area contributed by atoms with Gasteiger partial charge in [-0.1, -0.05) is 54.6 Å². The molecule has 1 saturated heterocycles. The second kappa shape index (κ2) is 9.77. The van der Waals surface area contributed by atoms with Gasteiger partial charge in [0.1, 0.15) is 11.1 Å². The lowest BCUT2D eigenvalue weighted by Gasteiger charge is -2.37. The summed E-state index contributed by atoms with van der Waals surface area (Å²) in [7, 11) is -2.25. The van der Waals surface area contributed by atoms with Gasteiger partial charge in [0, 0.05) is 13.1 Å². The molecule has 0 aromatic heterocycles. The van der Waals surface area contributed by atoms with Crippen molar-refractivity contribution in [2.24, 2.45) is 5.92 Å². The molecule has 4 rings (SSSR count). The Labute approximate surface area is 194 Å². The van der Waals surface area contributed by atoms with E-state index in [1.807, 2.05) is 59.5 Å². The van der Waals surface area contributed by atoms with Gasteiger partial charge in [0.2, 0.25) is 0 Å². The molecule has 1 heterocycles. The summed E-state index contributed by atoms with van der Waals surface area (Å²) in [5.74, 6) is -1.06. The van der Waals surface area contributed by atoms with E-state index in [4.69, 9.17) is 4.74 Å². The summed E-state index contributed by atoms with van der Waals surface area (Å²) >= 11 is 0. The number of carboxylic acid groups (broad SMARTS) is 1. The molecular weight excluding hydrogens is 438 g/mol. The molecule has 33 heavy (non-hydrogen) atoms. The quantitative estimate of drug-likeness (QED) is 0.555. The van der Waals surface area contributed by atoms with Gasteiger partial charge in [-0.15, -0.1) is 0 Å². The SMILES string of the molecule is COc1ccc(S(=O)(=O)C2CC(C(=O)O)CCN2Cc2ccc(-c3ccccc3)cc2)cc1. The normalized spacial score (nSPS) is 19.2. The molecule has 6 nitrogen and oxygen atoms in total. The third kappa shape index (κ3) is 5.10. The molecule has 0 aliphatic carbocycles. The molecule has 2 unspecified atom stereocenters. The monoisotopic (exact) mass is 465 g/mol. The van der Waals surface area contributed by atoms with Crippen molar-refractivity contribution in [1.29, 1.82) is 0 Å². The van der Waals surface area contributed by atoms with E-state index >= 15 is 0 Å². The average molecular weight is 466 g/mol. The van der Waals surface area contributed by atoms with E-state index in [9.17, 15) is 18.3 Å². The predicted molar refractivity (Wildman–Crippen MR) is 127 cm³/mol. The van der Waals surface area contributed by atoms with E-state index in [0.717, 1.165) is 16.7 Å². The molecule has 172 valence electrons. The van der Waals surface area contributed by atoms with Crippen molar-refractivity contribution in [2.75, 3.05) is 13.7 Å². The molecule has 0 saturated carbocycles. The lowest BCUT2D eigenvalue weighted by atomic mass is 9.96. The number of nitrogens with zero attached hydrogens (tertiary/aromatic N) is 1. The summed E-state index contributed by atoms with van der Waals surface area (Å²) in [5.41, 5.74) is 3.19. The molecule has 0 radical (unpaired) electrons. The summed E-state index contributed by atoms with van der Waals surface area (Å²) in [6.45, 7) is 0.832. The summed E-state index contributed by atoms with van der Waals surface area (Å²) in [6.07, 6.45) is 0.484. The second-order valence-corrected chi connectivity index (χ2v) is 10.4. The Bertz CT molecular complexity index is 1190. The van der Waals surface area contributed by atoms with Crippen LogP contribution in [0.3, 0.4) is 0 Å². The lowest BCUT2D eigenvalue weighted by Crippen LogP contribution is -2.47. The Morgan fingerprint density at radius 3 is 2.21 bits per heavy atom. The van der Waals surface area contributed by atoms with Crippen molar-refractivity contribution in [2.45, 2.75) is 29.7 Å². The minimum atomic E-state index is -3.77. The first-order valence-corrected chi connectivity index (χ1v) is 12.4. The predicted octanol–water partition coefficient (Wildman–Crippen LogP) is 4.46. The van der Waals surface area contributed by atoms with E-state index in [2.05, 4.69) is 0 Å². The fourth-order valence-corrected chi connectivity index (χ4v) is 6.18. The van der Waals surface area contributed by atoms with Gasteiger partial charge in [0.05, 0.1) is 17.9 Å². The number of carboxylic acids is 1. The topological polar surface area (TPSA) is 83.9 Å². The third-order valence-electron chi connectivity index (χ3n) is 6.20. The molecule has 1 aliphatic rings. The highest BCUT2D eigenvalue weighted by Gasteiger charge is 2.40. The minimum Gasteiger partial charge on any atom is -0.497 e. The largest absolute Gasteiger partial charge is 0.497 e. The number of ether oxygens (including phenoxy) is 1. The smallest absolute Gasteiger partial charge is 0.306 e. The van der Waals surface area contributed by atoms with E-state index in [1.165, 1.54) is 19.2 Å². The van der Waals surface area contributed by atoms with Crippen LogP contribution in [0.2, 0.25) is 0 Å². The summed E-state index contributed by atoms with van der Waals surface area (Å²) in [6, 6.07) is 24.4. The van der Waals surface area contributed by atoms with Crippen molar-refractivity contribution >= 4 is 15.8 Å². The van der Waals surface area contributed by atoms with Gasteiger partial charge in [-0.3, -0.25) is 9.69 Å². The van der Waals surface area contributed by atoms with E-state index < -0.39 is 27.1 Å². The van der Waals surface area contributed by atoms with Gasteiger partial charge in [-0.2, -0.15) is 0 Å². The lowest BCUT2D eigenvalue weighted by molar-refractivity contribution is -0.143. The number of hydrogen-bond acceptors (Lipinski definition) is 5. The van der Waals surface area contributed by atoms with E-state index in [1.54, 1.807) is 12.1 Å². The van der Waals surface area contributed by atoms with Gasteiger partial charge in [-0.05, 0) is 53.8 Å². The van der Waals surface area contributed by atoms with Crippen molar-refractivity contribution in [1.82, 2.24) is 4.90 Å². The van der Waals surface area contributed by atoms with Gasteiger partial charge in [-0.25, -0.2) is 8.42 Å². The number of aliphatic carboxylic acids is 1. The first-order chi connectivity index (χ1) is 15.9. The molecule has 0 bridgehead atoms. The number of hydrogen-bond donors (Lipinski definition) is 1. The molecule has 1 N–H and O–H groups in total. The maximum absolute atomic E-state index is 13.5. The van der Waals surface area contributed by atoms with Crippen LogP contribution in [-0.4, -0.2) is 43.4 Å². The summed E-state index contributed by atoms with van der Waals surface area (Å²) < 4.78 is 32.2.